The maximum atomic E-state index is 12.3. The molecule has 2 rings (SSSR count). The molecular formula is C17H13N3O3. The van der Waals surface area contributed by atoms with Crippen molar-refractivity contribution in [1.29, 1.82) is 5.26 Å². The number of amides is 2. The number of benzene rings is 2. The lowest BCUT2D eigenvalue weighted by Crippen LogP contribution is -2.15. The molecule has 0 fully saturated rings. The molecule has 6 heteroatoms. The van der Waals surface area contributed by atoms with Gasteiger partial charge in [-0.25, -0.2) is 5.48 Å². The Kier molecular flexibility index (Phi) is 5.23. The van der Waals surface area contributed by atoms with Crippen LogP contribution in [0.5, 0.6) is 0 Å². The van der Waals surface area contributed by atoms with Gasteiger partial charge in [0.2, 0.25) is 0 Å². The molecule has 6 nitrogen and oxygen atoms in total. The number of nitrogens with one attached hydrogen (secondary N) is 2. The van der Waals surface area contributed by atoms with Gasteiger partial charge in [0.25, 0.3) is 11.8 Å². The summed E-state index contributed by atoms with van der Waals surface area (Å²) in [6, 6.07) is 15.2. The summed E-state index contributed by atoms with van der Waals surface area (Å²) < 4.78 is 0. The monoisotopic (exact) mass is 307 g/mol. The van der Waals surface area contributed by atoms with Crippen molar-refractivity contribution in [2.75, 3.05) is 5.32 Å². The van der Waals surface area contributed by atoms with Crippen molar-refractivity contribution in [2.24, 2.45) is 0 Å². The van der Waals surface area contributed by atoms with E-state index in [1.54, 1.807) is 42.5 Å². The lowest BCUT2D eigenvalue weighted by atomic mass is 10.1. The van der Waals surface area contributed by atoms with Gasteiger partial charge >= 0.3 is 0 Å². The standard InChI is InChI=1S/C17H13N3O3/c18-11-12-4-3-6-14(10-12)17(22)19-15-7-2-1-5-13(15)8-9-16(21)20-23/h1-10,23H,(H,19,22)(H,20,21)/b9-8+. The fourth-order valence-electron chi connectivity index (χ4n) is 1.88. The van der Waals surface area contributed by atoms with Gasteiger partial charge in [0, 0.05) is 17.3 Å². The van der Waals surface area contributed by atoms with Gasteiger partial charge in [-0.3, -0.25) is 14.8 Å². The first kappa shape index (κ1) is 15.9. The number of hydroxylamine groups is 1. The lowest BCUT2D eigenvalue weighted by molar-refractivity contribution is -0.124. The van der Waals surface area contributed by atoms with E-state index in [2.05, 4.69) is 5.32 Å². The summed E-state index contributed by atoms with van der Waals surface area (Å²) in [5.74, 6) is -1.04. The van der Waals surface area contributed by atoms with Crippen LogP contribution in [-0.2, 0) is 4.79 Å². The fourth-order valence-corrected chi connectivity index (χ4v) is 1.88. The van der Waals surface area contributed by atoms with Crippen LogP contribution in [0.3, 0.4) is 0 Å². The van der Waals surface area contributed by atoms with Crippen LogP contribution < -0.4 is 10.8 Å². The van der Waals surface area contributed by atoms with Gasteiger partial charge in [-0.05, 0) is 35.9 Å². The van der Waals surface area contributed by atoms with Crippen LogP contribution in [-0.4, -0.2) is 17.0 Å². The molecule has 2 amide bonds. The number of nitrogens with zero attached hydrogens (tertiary/aromatic N) is 1. The lowest BCUT2D eigenvalue weighted by Gasteiger charge is -2.08. The normalized spacial score (nSPS) is 10.1. The summed E-state index contributed by atoms with van der Waals surface area (Å²) in [6.07, 6.45) is 2.61. The van der Waals surface area contributed by atoms with Crippen molar-refractivity contribution in [2.45, 2.75) is 0 Å². The predicted octanol–water partition coefficient (Wildman–Crippen LogP) is 2.33. The molecule has 0 radical (unpaired) electrons. The zero-order valence-electron chi connectivity index (χ0n) is 12.0. The minimum atomic E-state index is -0.673. The molecule has 0 atom stereocenters. The van der Waals surface area contributed by atoms with Crippen LogP contribution in [0.2, 0.25) is 0 Å². The van der Waals surface area contributed by atoms with Crippen LogP contribution in [0, 0.1) is 11.3 Å². The largest absolute Gasteiger partial charge is 0.321 e. The third-order valence-electron chi connectivity index (χ3n) is 2.99. The van der Waals surface area contributed by atoms with E-state index < -0.39 is 5.91 Å². The van der Waals surface area contributed by atoms with E-state index in [0.29, 0.717) is 22.4 Å². The van der Waals surface area contributed by atoms with Gasteiger partial charge in [0.15, 0.2) is 0 Å². The molecule has 3 N–H and O–H groups in total. The summed E-state index contributed by atoms with van der Waals surface area (Å²) in [5, 5.41) is 20.1. The van der Waals surface area contributed by atoms with Crippen molar-refractivity contribution < 1.29 is 14.8 Å². The van der Waals surface area contributed by atoms with E-state index in [-0.39, 0.29) is 5.91 Å². The number of carbonyl (C=O) groups is 2. The van der Waals surface area contributed by atoms with Gasteiger partial charge in [0.05, 0.1) is 11.6 Å². The minimum Gasteiger partial charge on any atom is -0.321 e. The Labute approximate surface area is 132 Å². The highest BCUT2D eigenvalue weighted by atomic mass is 16.5. The Bertz CT molecular complexity index is 807. The topological polar surface area (TPSA) is 102 Å². The van der Waals surface area contributed by atoms with E-state index in [0.717, 1.165) is 6.08 Å². The number of nitriles is 1. The number of anilines is 1. The van der Waals surface area contributed by atoms with Crippen molar-refractivity contribution in [3.63, 3.8) is 0 Å². The summed E-state index contributed by atoms with van der Waals surface area (Å²) in [5.41, 5.74) is 3.34. The molecule has 2 aromatic rings. The molecule has 0 unspecified atom stereocenters. The Hall–Kier alpha value is -3.43. The number of carbonyl (C=O) groups excluding carboxylic acids is 2. The van der Waals surface area contributed by atoms with Crippen molar-refractivity contribution in [3.05, 3.63) is 71.3 Å². The van der Waals surface area contributed by atoms with Gasteiger partial charge in [-0.1, -0.05) is 24.3 Å². The first-order valence-corrected chi connectivity index (χ1v) is 6.66. The molecule has 0 spiro atoms. The van der Waals surface area contributed by atoms with Gasteiger partial charge in [0.1, 0.15) is 0 Å². The Morgan fingerprint density at radius 2 is 1.91 bits per heavy atom. The maximum absolute atomic E-state index is 12.3. The number of hydrogen-bond acceptors (Lipinski definition) is 4. The van der Waals surface area contributed by atoms with Crippen molar-refractivity contribution >= 4 is 23.6 Å². The zero-order valence-corrected chi connectivity index (χ0v) is 12.0. The van der Waals surface area contributed by atoms with Crippen LogP contribution >= 0.6 is 0 Å². The summed E-state index contributed by atoms with van der Waals surface area (Å²) in [6.45, 7) is 0. The van der Waals surface area contributed by atoms with Crippen LogP contribution in [0.4, 0.5) is 5.69 Å². The third kappa shape index (κ3) is 4.27. The Balaban J connectivity index is 2.23. The average Bonchev–Trinajstić information content (AvgIpc) is 2.60. The molecule has 23 heavy (non-hydrogen) atoms. The highest BCUT2D eigenvalue weighted by Gasteiger charge is 2.08. The van der Waals surface area contributed by atoms with Crippen molar-refractivity contribution in [3.8, 4) is 6.07 Å². The van der Waals surface area contributed by atoms with Crippen molar-refractivity contribution in [1.82, 2.24) is 5.48 Å². The molecule has 0 aliphatic rings. The second kappa shape index (κ2) is 7.54. The number of para-hydroxylation sites is 1. The van der Waals surface area contributed by atoms with E-state index in [4.69, 9.17) is 10.5 Å². The number of rotatable bonds is 4. The summed E-state index contributed by atoms with van der Waals surface area (Å²) in [7, 11) is 0. The SMILES string of the molecule is N#Cc1cccc(C(=O)Nc2ccccc2/C=C/C(=O)NO)c1. The van der Waals surface area contributed by atoms with Gasteiger partial charge in [-0.15, -0.1) is 0 Å². The predicted molar refractivity (Wildman–Crippen MR) is 84.5 cm³/mol. The second-order valence-electron chi connectivity index (χ2n) is 4.54. The van der Waals surface area contributed by atoms with Crippen LogP contribution in [0.15, 0.2) is 54.6 Å². The van der Waals surface area contributed by atoms with Gasteiger partial charge in [-0.2, -0.15) is 5.26 Å². The molecule has 114 valence electrons. The molecular weight excluding hydrogens is 294 g/mol. The van der Waals surface area contributed by atoms with Crippen LogP contribution in [0.1, 0.15) is 21.5 Å². The Morgan fingerprint density at radius 3 is 2.65 bits per heavy atom. The zero-order chi connectivity index (χ0) is 16.7. The maximum Gasteiger partial charge on any atom is 0.267 e. The summed E-state index contributed by atoms with van der Waals surface area (Å²) >= 11 is 0. The van der Waals surface area contributed by atoms with Crippen LogP contribution in [0.25, 0.3) is 6.08 Å². The van der Waals surface area contributed by atoms with E-state index in [1.807, 2.05) is 6.07 Å². The van der Waals surface area contributed by atoms with E-state index >= 15 is 0 Å². The molecule has 0 aromatic heterocycles. The first-order valence-electron chi connectivity index (χ1n) is 6.66. The molecule has 2 aromatic carbocycles. The molecule has 0 heterocycles. The first-order chi connectivity index (χ1) is 11.1. The smallest absolute Gasteiger partial charge is 0.267 e. The average molecular weight is 307 g/mol. The summed E-state index contributed by atoms with van der Waals surface area (Å²) in [4.78, 5) is 23.3. The molecule has 0 aliphatic heterocycles. The second-order valence-corrected chi connectivity index (χ2v) is 4.54. The fraction of sp³-hybridized carbons (Fsp3) is 0. The molecule has 0 bridgehead atoms. The minimum absolute atomic E-state index is 0.357. The highest BCUT2D eigenvalue weighted by molar-refractivity contribution is 6.05. The number of hydrogen-bond donors (Lipinski definition) is 3. The quantitative estimate of drug-likeness (QED) is 0.458. The highest BCUT2D eigenvalue weighted by Crippen LogP contribution is 2.18. The molecule has 0 aliphatic carbocycles. The third-order valence-corrected chi connectivity index (χ3v) is 2.99. The molecule has 0 saturated carbocycles. The van der Waals surface area contributed by atoms with E-state index in [1.165, 1.54) is 17.6 Å². The Morgan fingerprint density at radius 1 is 1.13 bits per heavy atom. The van der Waals surface area contributed by atoms with E-state index in [9.17, 15) is 9.59 Å². The van der Waals surface area contributed by atoms with Gasteiger partial charge < -0.3 is 5.32 Å². The molecule has 0 saturated heterocycles.